The summed E-state index contributed by atoms with van der Waals surface area (Å²) in [6, 6.07) is 4.08. The highest BCUT2D eigenvalue weighted by molar-refractivity contribution is 5.99. The SMILES string of the molecule is CCC(C)CN(CC)C(=O)c1cc(N)ccc1[N+](=O)[O-]. The van der Waals surface area contributed by atoms with Crippen LogP contribution in [0.1, 0.15) is 37.6 Å². The fraction of sp³-hybridized carbons (Fsp3) is 0.500. The van der Waals surface area contributed by atoms with E-state index in [0.717, 1.165) is 6.42 Å². The van der Waals surface area contributed by atoms with E-state index in [2.05, 4.69) is 0 Å². The number of benzene rings is 1. The summed E-state index contributed by atoms with van der Waals surface area (Å²) < 4.78 is 0. The molecule has 20 heavy (non-hydrogen) atoms. The summed E-state index contributed by atoms with van der Waals surface area (Å²) in [5.74, 6) is 0.00538. The van der Waals surface area contributed by atoms with Crippen molar-refractivity contribution in [2.24, 2.45) is 5.92 Å². The van der Waals surface area contributed by atoms with Gasteiger partial charge in [-0.25, -0.2) is 0 Å². The Morgan fingerprint density at radius 2 is 2.10 bits per heavy atom. The van der Waals surface area contributed by atoms with Crippen molar-refractivity contribution < 1.29 is 9.72 Å². The van der Waals surface area contributed by atoms with Gasteiger partial charge in [0, 0.05) is 24.8 Å². The van der Waals surface area contributed by atoms with Crippen LogP contribution in [0.4, 0.5) is 11.4 Å². The Kier molecular flexibility index (Phi) is 5.49. The van der Waals surface area contributed by atoms with E-state index in [4.69, 9.17) is 5.73 Å². The lowest BCUT2D eigenvalue weighted by molar-refractivity contribution is -0.385. The van der Waals surface area contributed by atoms with E-state index >= 15 is 0 Å². The van der Waals surface area contributed by atoms with Crippen molar-refractivity contribution in [3.63, 3.8) is 0 Å². The summed E-state index contributed by atoms with van der Waals surface area (Å²) in [7, 11) is 0. The van der Waals surface area contributed by atoms with Crippen LogP contribution >= 0.6 is 0 Å². The minimum atomic E-state index is -0.552. The van der Waals surface area contributed by atoms with Crippen LogP contribution in [-0.2, 0) is 0 Å². The summed E-state index contributed by atoms with van der Waals surface area (Å²) in [6.07, 6.45) is 0.947. The largest absolute Gasteiger partial charge is 0.399 e. The summed E-state index contributed by atoms with van der Waals surface area (Å²) in [5.41, 5.74) is 5.84. The lowest BCUT2D eigenvalue weighted by Crippen LogP contribution is -2.34. The lowest BCUT2D eigenvalue weighted by atomic mass is 10.1. The van der Waals surface area contributed by atoms with E-state index in [1.807, 2.05) is 20.8 Å². The number of nitrogens with two attached hydrogens (primary N) is 1. The van der Waals surface area contributed by atoms with Crippen LogP contribution in [0.2, 0.25) is 0 Å². The molecule has 1 unspecified atom stereocenters. The third kappa shape index (κ3) is 3.69. The normalized spacial score (nSPS) is 11.9. The Morgan fingerprint density at radius 3 is 2.60 bits per heavy atom. The van der Waals surface area contributed by atoms with E-state index < -0.39 is 4.92 Å². The molecule has 1 aromatic carbocycles. The summed E-state index contributed by atoms with van der Waals surface area (Å²) >= 11 is 0. The maximum absolute atomic E-state index is 12.5. The van der Waals surface area contributed by atoms with Crippen molar-refractivity contribution in [2.45, 2.75) is 27.2 Å². The van der Waals surface area contributed by atoms with Crippen LogP contribution in [0.15, 0.2) is 18.2 Å². The molecule has 1 amide bonds. The molecular formula is C14H21N3O3. The number of nitrogens with zero attached hydrogens (tertiary/aromatic N) is 2. The first kappa shape index (κ1) is 15.9. The second kappa shape index (κ2) is 6.88. The number of nitro benzene ring substituents is 1. The van der Waals surface area contributed by atoms with Gasteiger partial charge >= 0.3 is 0 Å². The monoisotopic (exact) mass is 279 g/mol. The first-order chi connectivity index (χ1) is 9.40. The first-order valence-electron chi connectivity index (χ1n) is 6.73. The van der Waals surface area contributed by atoms with Crippen molar-refractivity contribution in [2.75, 3.05) is 18.8 Å². The van der Waals surface area contributed by atoms with Gasteiger partial charge in [-0.3, -0.25) is 14.9 Å². The Labute approximate surface area is 118 Å². The van der Waals surface area contributed by atoms with Crippen LogP contribution in [0.25, 0.3) is 0 Å². The van der Waals surface area contributed by atoms with E-state index in [1.165, 1.54) is 18.2 Å². The second-order valence-electron chi connectivity index (χ2n) is 4.89. The zero-order chi connectivity index (χ0) is 15.3. The molecule has 0 aliphatic carbocycles. The average Bonchev–Trinajstić information content (AvgIpc) is 2.43. The molecule has 1 atom stereocenters. The van der Waals surface area contributed by atoms with Crippen LogP contribution < -0.4 is 5.73 Å². The molecule has 2 N–H and O–H groups in total. The number of hydrogen-bond acceptors (Lipinski definition) is 4. The predicted octanol–water partition coefficient (Wildman–Crippen LogP) is 2.69. The molecule has 110 valence electrons. The highest BCUT2D eigenvalue weighted by atomic mass is 16.6. The topological polar surface area (TPSA) is 89.5 Å². The van der Waals surface area contributed by atoms with Crippen molar-refractivity contribution in [3.05, 3.63) is 33.9 Å². The van der Waals surface area contributed by atoms with Crippen molar-refractivity contribution >= 4 is 17.3 Å². The fourth-order valence-corrected chi connectivity index (χ4v) is 1.92. The molecule has 6 nitrogen and oxygen atoms in total. The smallest absolute Gasteiger partial charge is 0.282 e. The van der Waals surface area contributed by atoms with Crippen LogP contribution in [0, 0.1) is 16.0 Å². The Morgan fingerprint density at radius 1 is 1.45 bits per heavy atom. The number of rotatable bonds is 6. The molecule has 1 rings (SSSR count). The Hall–Kier alpha value is -2.11. The zero-order valence-electron chi connectivity index (χ0n) is 12.1. The van der Waals surface area contributed by atoms with Gasteiger partial charge < -0.3 is 10.6 Å². The molecule has 1 aromatic rings. The molecule has 0 spiro atoms. The minimum absolute atomic E-state index is 0.0557. The highest BCUT2D eigenvalue weighted by Gasteiger charge is 2.24. The van der Waals surface area contributed by atoms with Gasteiger partial charge in [-0.1, -0.05) is 20.3 Å². The Balaban J connectivity index is 3.11. The number of nitro groups is 1. The van der Waals surface area contributed by atoms with Crippen molar-refractivity contribution in [3.8, 4) is 0 Å². The molecule has 0 heterocycles. The summed E-state index contributed by atoms with van der Waals surface area (Å²) in [6.45, 7) is 7.04. The number of carbonyl (C=O) groups excluding carboxylic acids is 1. The third-order valence-electron chi connectivity index (χ3n) is 3.35. The number of nitrogen functional groups attached to an aromatic ring is 1. The molecule has 0 saturated carbocycles. The molecule has 6 heteroatoms. The summed E-state index contributed by atoms with van der Waals surface area (Å²) in [5, 5.41) is 11.0. The van der Waals surface area contributed by atoms with Gasteiger partial charge in [-0.05, 0) is 25.0 Å². The van der Waals surface area contributed by atoms with Gasteiger partial charge in [-0.2, -0.15) is 0 Å². The molecular weight excluding hydrogens is 258 g/mol. The van der Waals surface area contributed by atoms with Crippen molar-refractivity contribution in [1.82, 2.24) is 4.90 Å². The maximum atomic E-state index is 12.5. The lowest BCUT2D eigenvalue weighted by Gasteiger charge is -2.24. The van der Waals surface area contributed by atoms with Crippen LogP contribution in [0.5, 0.6) is 0 Å². The van der Waals surface area contributed by atoms with Gasteiger partial charge in [0.15, 0.2) is 0 Å². The predicted molar refractivity (Wildman–Crippen MR) is 78.5 cm³/mol. The van der Waals surface area contributed by atoms with Gasteiger partial charge in [0.25, 0.3) is 11.6 Å². The quantitative estimate of drug-likeness (QED) is 0.492. The van der Waals surface area contributed by atoms with E-state index in [-0.39, 0.29) is 17.2 Å². The molecule has 0 bridgehead atoms. The zero-order valence-corrected chi connectivity index (χ0v) is 12.1. The molecule has 0 fully saturated rings. The minimum Gasteiger partial charge on any atom is -0.399 e. The van der Waals surface area contributed by atoms with Gasteiger partial charge in [0.05, 0.1) is 4.92 Å². The average molecular weight is 279 g/mol. The van der Waals surface area contributed by atoms with Crippen molar-refractivity contribution in [1.29, 1.82) is 0 Å². The first-order valence-corrected chi connectivity index (χ1v) is 6.73. The fourth-order valence-electron chi connectivity index (χ4n) is 1.92. The molecule has 0 aliphatic rings. The third-order valence-corrected chi connectivity index (χ3v) is 3.35. The Bertz CT molecular complexity index is 502. The summed E-state index contributed by atoms with van der Waals surface area (Å²) in [4.78, 5) is 24.6. The number of amides is 1. The van der Waals surface area contributed by atoms with E-state index in [0.29, 0.717) is 24.7 Å². The number of carbonyl (C=O) groups is 1. The molecule has 0 radical (unpaired) electrons. The molecule has 0 aromatic heterocycles. The molecule has 0 aliphatic heterocycles. The number of anilines is 1. The number of hydrogen-bond donors (Lipinski definition) is 1. The molecule has 0 saturated heterocycles. The van der Waals surface area contributed by atoms with Gasteiger partial charge in [-0.15, -0.1) is 0 Å². The van der Waals surface area contributed by atoms with Gasteiger partial charge in [0.1, 0.15) is 5.56 Å². The van der Waals surface area contributed by atoms with E-state index in [9.17, 15) is 14.9 Å². The standard InChI is InChI=1S/C14H21N3O3/c1-4-10(3)9-16(5-2)14(18)12-8-11(15)6-7-13(12)17(19)20/h6-8,10H,4-5,9,15H2,1-3H3. The van der Waals surface area contributed by atoms with E-state index in [1.54, 1.807) is 4.90 Å². The highest BCUT2D eigenvalue weighted by Crippen LogP contribution is 2.23. The van der Waals surface area contributed by atoms with Crippen LogP contribution in [0.3, 0.4) is 0 Å². The van der Waals surface area contributed by atoms with Crippen LogP contribution in [-0.4, -0.2) is 28.8 Å². The maximum Gasteiger partial charge on any atom is 0.282 e. The second-order valence-corrected chi connectivity index (χ2v) is 4.89. The van der Waals surface area contributed by atoms with Gasteiger partial charge in [0.2, 0.25) is 0 Å².